The van der Waals surface area contributed by atoms with Crippen molar-refractivity contribution in [3.05, 3.63) is 71.8 Å². The molecule has 2 aromatic carbocycles. The third-order valence-corrected chi connectivity index (χ3v) is 4.28. The molecule has 1 aliphatic heterocycles. The maximum Gasteiger partial charge on any atom is 0.338 e. The van der Waals surface area contributed by atoms with Crippen molar-refractivity contribution in [2.75, 3.05) is 0 Å². The first kappa shape index (κ1) is 19.0. The van der Waals surface area contributed by atoms with Crippen LogP contribution in [-0.2, 0) is 14.2 Å². The van der Waals surface area contributed by atoms with E-state index in [2.05, 4.69) is 0 Å². The molecule has 1 fully saturated rings. The van der Waals surface area contributed by atoms with E-state index in [0.717, 1.165) is 0 Å². The third-order valence-electron chi connectivity index (χ3n) is 4.28. The molecule has 0 bridgehead atoms. The van der Waals surface area contributed by atoms with Gasteiger partial charge in [-0.05, 0) is 31.2 Å². The average molecular weight is 372 g/mol. The largest absolute Gasteiger partial charge is 0.452 e. The molecule has 0 aliphatic carbocycles. The lowest BCUT2D eigenvalue weighted by Gasteiger charge is -2.40. The van der Waals surface area contributed by atoms with Crippen molar-refractivity contribution in [3.63, 3.8) is 0 Å². The van der Waals surface area contributed by atoms with E-state index >= 15 is 0 Å². The molecule has 3 rings (SSSR count). The first-order valence-electron chi connectivity index (χ1n) is 8.51. The summed E-state index contributed by atoms with van der Waals surface area (Å²) in [4.78, 5) is 24.7. The maximum atomic E-state index is 12.4. The molecular weight excluding hydrogens is 352 g/mol. The monoisotopic (exact) mass is 372 g/mol. The Morgan fingerprint density at radius 2 is 1.26 bits per heavy atom. The van der Waals surface area contributed by atoms with Crippen molar-refractivity contribution in [2.45, 2.75) is 37.6 Å². The molecule has 0 amide bonds. The Morgan fingerprint density at radius 3 is 1.74 bits per heavy atom. The Balaban J connectivity index is 1.80. The van der Waals surface area contributed by atoms with E-state index in [1.807, 2.05) is 0 Å². The highest BCUT2D eigenvalue weighted by Gasteiger charge is 2.48. The number of rotatable bonds is 4. The first-order chi connectivity index (χ1) is 13.0. The molecule has 27 heavy (non-hydrogen) atoms. The fraction of sp³-hybridized carbons (Fsp3) is 0.300. The molecule has 0 spiro atoms. The van der Waals surface area contributed by atoms with E-state index in [4.69, 9.17) is 14.2 Å². The van der Waals surface area contributed by atoms with E-state index < -0.39 is 42.6 Å². The van der Waals surface area contributed by atoms with Crippen LogP contribution in [0.1, 0.15) is 27.6 Å². The van der Waals surface area contributed by atoms with Gasteiger partial charge < -0.3 is 24.4 Å². The average Bonchev–Trinajstić information content (AvgIpc) is 2.69. The summed E-state index contributed by atoms with van der Waals surface area (Å²) in [5.41, 5.74) is 0.525. The van der Waals surface area contributed by atoms with E-state index in [9.17, 15) is 19.8 Å². The lowest BCUT2D eigenvalue weighted by Crippen LogP contribution is -2.59. The second-order valence-corrected chi connectivity index (χ2v) is 6.19. The molecule has 0 unspecified atom stereocenters. The summed E-state index contributed by atoms with van der Waals surface area (Å²) in [6, 6.07) is 16.3. The zero-order valence-corrected chi connectivity index (χ0v) is 14.6. The van der Waals surface area contributed by atoms with Gasteiger partial charge in [0.25, 0.3) is 0 Å². The maximum absolute atomic E-state index is 12.4. The van der Waals surface area contributed by atoms with Crippen LogP contribution in [0.5, 0.6) is 0 Å². The van der Waals surface area contributed by atoms with Gasteiger partial charge in [0.15, 0.2) is 18.5 Å². The number of aliphatic hydroxyl groups excluding tert-OH is 2. The summed E-state index contributed by atoms with van der Waals surface area (Å²) in [6.45, 7) is 1.52. The van der Waals surface area contributed by atoms with E-state index in [1.54, 1.807) is 60.7 Å². The summed E-state index contributed by atoms with van der Waals surface area (Å²) in [6.07, 6.45) is -6.32. The van der Waals surface area contributed by atoms with Crippen molar-refractivity contribution in [2.24, 2.45) is 0 Å². The van der Waals surface area contributed by atoms with Crippen molar-refractivity contribution in [1.82, 2.24) is 0 Å². The molecule has 1 aliphatic rings. The van der Waals surface area contributed by atoms with Gasteiger partial charge in [-0.25, -0.2) is 9.59 Å². The zero-order chi connectivity index (χ0) is 19.4. The van der Waals surface area contributed by atoms with E-state index in [-0.39, 0.29) is 11.1 Å². The van der Waals surface area contributed by atoms with Gasteiger partial charge in [0.05, 0.1) is 17.2 Å². The van der Waals surface area contributed by atoms with Gasteiger partial charge in [-0.2, -0.15) is 0 Å². The number of ether oxygens (including phenoxy) is 3. The predicted molar refractivity (Wildman–Crippen MR) is 93.9 cm³/mol. The molecule has 1 saturated heterocycles. The normalized spacial score (nSPS) is 27.6. The topological polar surface area (TPSA) is 102 Å². The van der Waals surface area contributed by atoms with Gasteiger partial charge in [-0.1, -0.05) is 36.4 Å². The predicted octanol–water partition coefficient (Wildman–Crippen LogP) is 1.54. The fourth-order valence-electron chi connectivity index (χ4n) is 2.80. The summed E-state index contributed by atoms with van der Waals surface area (Å²) in [7, 11) is 0. The number of carbonyl (C=O) groups excluding carboxylic acids is 2. The van der Waals surface area contributed by atoms with Crippen LogP contribution in [0.3, 0.4) is 0 Å². The summed E-state index contributed by atoms with van der Waals surface area (Å²) in [5.74, 6) is -1.44. The highest BCUT2D eigenvalue weighted by atomic mass is 16.7. The molecule has 5 atom stereocenters. The van der Waals surface area contributed by atoms with Crippen molar-refractivity contribution in [1.29, 1.82) is 0 Å². The van der Waals surface area contributed by atoms with E-state index in [1.165, 1.54) is 6.92 Å². The van der Waals surface area contributed by atoms with Gasteiger partial charge in [-0.3, -0.25) is 0 Å². The van der Waals surface area contributed by atoms with Crippen LogP contribution in [0, 0.1) is 0 Å². The number of benzene rings is 2. The molecule has 2 aromatic rings. The number of esters is 2. The van der Waals surface area contributed by atoms with Crippen molar-refractivity contribution >= 4 is 11.9 Å². The summed E-state index contributed by atoms with van der Waals surface area (Å²) < 4.78 is 15.9. The minimum absolute atomic E-state index is 0.256. The van der Waals surface area contributed by atoms with Crippen molar-refractivity contribution in [3.8, 4) is 0 Å². The number of carbonyl (C=O) groups is 2. The van der Waals surface area contributed by atoms with Gasteiger partial charge >= 0.3 is 11.9 Å². The molecule has 0 aromatic heterocycles. The van der Waals surface area contributed by atoms with Crippen LogP contribution in [0.2, 0.25) is 0 Å². The van der Waals surface area contributed by atoms with Crippen molar-refractivity contribution < 1.29 is 34.0 Å². The lowest BCUT2D eigenvalue weighted by atomic mass is 9.99. The minimum Gasteiger partial charge on any atom is -0.452 e. The smallest absolute Gasteiger partial charge is 0.338 e. The van der Waals surface area contributed by atoms with Crippen LogP contribution in [0.4, 0.5) is 0 Å². The standard InChI is InChI=1S/C20H20O7/c1-12-15(21)16(26-18(22)13-8-4-2-5-9-13)17(20(24)25-12)27-19(23)14-10-6-3-7-11-14/h2-12,15-17,20-21,24H,1H3/t12-,15+,16+,17+,20-/m0/s1. The zero-order valence-electron chi connectivity index (χ0n) is 14.6. The van der Waals surface area contributed by atoms with Gasteiger partial charge in [0.2, 0.25) is 0 Å². The Hall–Kier alpha value is -2.74. The van der Waals surface area contributed by atoms with Gasteiger partial charge in [0, 0.05) is 0 Å². The SMILES string of the molecule is C[C@@H]1O[C@H](O)[C@H](OC(=O)c2ccccc2)[C@H](OC(=O)c2ccccc2)[C@@H]1O. The highest BCUT2D eigenvalue weighted by Crippen LogP contribution is 2.26. The Kier molecular flexibility index (Phi) is 5.85. The van der Waals surface area contributed by atoms with Gasteiger partial charge in [0.1, 0.15) is 6.10 Å². The quantitative estimate of drug-likeness (QED) is 0.785. The highest BCUT2D eigenvalue weighted by molar-refractivity contribution is 5.90. The first-order valence-corrected chi connectivity index (χ1v) is 8.51. The van der Waals surface area contributed by atoms with Gasteiger partial charge in [-0.15, -0.1) is 0 Å². The fourth-order valence-corrected chi connectivity index (χ4v) is 2.80. The summed E-state index contributed by atoms with van der Waals surface area (Å²) in [5, 5.41) is 20.6. The molecule has 1 heterocycles. The molecule has 2 N–H and O–H groups in total. The molecule has 7 heteroatoms. The Bertz CT molecular complexity index is 777. The van der Waals surface area contributed by atoms with Crippen LogP contribution < -0.4 is 0 Å². The third kappa shape index (κ3) is 4.33. The molecule has 7 nitrogen and oxygen atoms in total. The number of aliphatic hydroxyl groups is 2. The second-order valence-electron chi connectivity index (χ2n) is 6.19. The summed E-state index contributed by atoms with van der Waals surface area (Å²) >= 11 is 0. The number of hydrogen-bond acceptors (Lipinski definition) is 7. The minimum atomic E-state index is -1.55. The van der Waals surface area contributed by atoms with Crippen LogP contribution in [0.15, 0.2) is 60.7 Å². The molecule has 0 radical (unpaired) electrons. The van der Waals surface area contributed by atoms with Crippen LogP contribution in [-0.4, -0.2) is 52.9 Å². The number of hydrogen-bond donors (Lipinski definition) is 2. The Morgan fingerprint density at radius 1 is 0.815 bits per heavy atom. The lowest BCUT2D eigenvalue weighted by molar-refractivity contribution is -0.276. The molecule has 142 valence electrons. The Labute approximate surface area is 156 Å². The van der Waals surface area contributed by atoms with Crippen LogP contribution >= 0.6 is 0 Å². The van der Waals surface area contributed by atoms with E-state index in [0.29, 0.717) is 0 Å². The second kappa shape index (κ2) is 8.30. The molecule has 0 saturated carbocycles. The molecular formula is C20H20O7. The van der Waals surface area contributed by atoms with Crippen LogP contribution in [0.25, 0.3) is 0 Å².